The molecule has 1 aliphatic carbocycles. The molecule has 3 aliphatic rings. The first-order valence-corrected chi connectivity index (χ1v) is 9.20. The maximum Gasteiger partial charge on any atom is 0.191 e. The molecule has 138 valence electrons. The van der Waals surface area contributed by atoms with Crippen LogP contribution in [0.15, 0.2) is 23.2 Å². The Balaban J connectivity index is 0.00000182. The summed E-state index contributed by atoms with van der Waals surface area (Å²) in [6.07, 6.45) is 4.92. The van der Waals surface area contributed by atoms with Crippen LogP contribution in [0.1, 0.15) is 44.1 Å². The maximum absolute atomic E-state index is 14.1. The molecular weight excluding hydrogens is 456 g/mol. The number of aliphatic imine (C=N–C) groups is 1. The van der Waals surface area contributed by atoms with Crippen LogP contribution in [0.25, 0.3) is 0 Å². The number of hydrogen-bond donors (Lipinski definition) is 2. The van der Waals surface area contributed by atoms with Gasteiger partial charge in [0, 0.05) is 29.1 Å². The topological polar surface area (TPSA) is 45.7 Å². The molecule has 25 heavy (non-hydrogen) atoms. The van der Waals surface area contributed by atoms with Gasteiger partial charge in [-0.1, -0.05) is 17.7 Å². The molecule has 0 radical (unpaired) electrons. The Morgan fingerprint density at radius 3 is 2.72 bits per heavy atom. The number of ether oxygens (including phenoxy) is 1. The Morgan fingerprint density at radius 2 is 2.08 bits per heavy atom. The normalized spacial score (nSPS) is 33.1. The van der Waals surface area contributed by atoms with Gasteiger partial charge >= 0.3 is 0 Å². The molecule has 3 fully saturated rings. The monoisotopic (exact) mass is 479 g/mol. The Morgan fingerprint density at radius 1 is 1.28 bits per heavy atom. The highest BCUT2D eigenvalue weighted by molar-refractivity contribution is 14.0. The summed E-state index contributed by atoms with van der Waals surface area (Å²) in [6.45, 7) is 2.72. The number of rotatable bonds is 4. The van der Waals surface area contributed by atoms with E-state index < -0.39 is 0 Å². The van der Waals surface area contributed by atoms with E-state index in [2.05, 4.69) is 15.6 Å². The summed E-state index contributed by atoms with van der Waals surface area (Å²) in [7, 11) is 0. The second kappa shape index (κ2) is 7.96. The minimum Gasteiger partial charge on any atom is -0.373 e. The van der Waals surface area contributed by atoms with E-state index in [-0.39, 0.29) is 41.8 Å². The highest BCUT2D eigenvalue weighted by atomic mass is 127. The molecule has 1 saturated carbocycles. The van der Waals surface area contributed by atoms with Crippen LogP contribution in [0.4, 0.5) is 4.39 Å². The summed E-state index contributed by atoms with van der Waals surface area (Å²) >= 11 is 6.18. The Bertz CT molecular complexity index is 639. The highest BCUT2D eigenvalue weighted by Gasteiger charge is 2.44. The minimum absolute atomic E-state index is 0. The van der Waals surface area contributed by atoms with Crippen LogP contribution in [0.2, 0.25) is 5.02 Å². The van der Waals surface area contributed by atoms with Crippen LogP contribution in [-0.4, -0.2) is 36.8 Å². The SMILES string of the molecule is CCN=C(NC1CC2CCC1O2)NC1CC1c1c(F)cccc1Cl.I. The van der Waals surface area contributed by atoms with Crippen LogP contribution in [0.3, 0.4) is 0 Å². The van der Waals surface area contributed by atoms with Gasteiger partial charge in [0.2, 0.25) is 0 Å². The Hall–Kier alpha value is -0.600. The molecule has 5 unspecified atom stereocenters. The van der Waals surface area contributed by atoms with Crippen molar-refractivity contribution in [2.24, 2.45) is 4.99 Å². The molecule has 2 bridgehead atoms. The van der Waals surface area contributed by atoms with E-state index in [1.807, 2.05) is 6.92 Å². The zero-order valence-corrected chi connectivity index (χ0v) is 17.3. The van der Waals surface area contributed by atoms with Crippen molar-refractivity contribution < 1.29 is 9.13 Å². The lowest BCUT2D eigenvalue weighted by atomic mass is 9.96. The van der Waals surface area contributed by atoms with E-state index in [1.54, 1.807) is 12.1 Å². The molecule has 0 spiro atoms. The third-order valence-electron chi connectivity index (χ3n) is 5.23. The zero-order valence-electron chi connectivity index (χ0n) is 14.2. The van der Waals surface area contributed by atoms with E-state index in [4.69, 9.17) is 16.3 Å². The molecule has 2 N–H and O–H groups in total. The molecule has 2 heterocycles. The first-order chi connectivity index (χ1) is 11.7. The number of nitrogens with one attached hydrogen (secondary N) is 2. The maximum atomic E-state index is 14.1. The van der Waals surface area contributed by atoms with Crippen molar-refractivity contribution in [3.63, 3.8) is 0 Å². The van der Waals surface area contributed by atoms with Crippen molar-refractivity contribution in [2.45, 2.75) is 62.8 Å². The third kappa shape index (κ3) is 4.06. The molecule has 0 aromatic heterocycles. The van der Waals surface area contributed by atoms with E-state index in [9.17, 15) is 4.39 Å². The van der Waals surface area contributed by atoms with E-state index in [0.29, 0.717) is 35.4 Å². The van der Waals surface area contributed by atoms with E-state index in [1.165, 1.54) is 12.5 Å². The van der Waals surface area contributed by atoms with Crippen LogP contribution < -0.4 is 10.6 Å². The number of nitrogens with zero attached hydrogens (tertiary/aromatic N) is 1. The van der Waals surface area contributed by atoms with Gasteiger partial charge in [-0.2, -0.15) is 0 Å². The van der Waals surface area contributed by atoms with Gasteiger partial charge in [0.25, 0.3) is 0 Å². The average molecular weight is 480 g/mol. The van der Waals surface area contributed by atoms with Crippen molar-refractivity contribution in [1.29, 1.82) is 0 Å². The van der Waals surface area contributed by atoms with Gasteiger partial charge in [-0.25, -0.2) is 4.39 Å². The number of hydrogen-bond acceptors (Lipinski definition) is 2. The fraction of sp³-hybridized carbons (Fsp3) is 0.611. The summed E-state index contributed by atoms with van der Waals surface area (Å²) in [5, 5.41) is 7.45. The summed E-state index contributed by atoms with van der Waals surface area (Å²) in [5.41, 5.74) is 0.621. The molecule has 0 amide bonds. The zero-order chi connectivity index (χ0) is 16.7. The fourth-order valence-corrected chi connectivity index (χ4v) is 4.27. The predicted octanol–water partition coefficient (Wildman–Crippen LogP) is 3.83. The quantitative estimate of drug-likeness (QED) is 0.392. The largest absolute Gasteiger partial charge is 0.373 e. The van der Waals surface area contributed by atoms with Crippen molar-refractivity contribution in [3.05, 3.63) is 34.6 Å². The second-order valence-electron chi connectivity index (χ2n) is 6.91. The molecule has 4 nitrogen and oxygen atoms in total. The molecule has 7 heteroatoms. The Kier molecular flexibility index (Phi) is 6.11. The predicted molar refractivity (Wildman–Crippen MR) is 109 cm³/mol. The van der Waals surface area contributed by atoms with Gasteiger partial charge < -0.3 is 15.4 Å². The van der Waals surface area contributed by atoms with Crippen LogP contribution >= 0.6 is 35.6 Å². The smallest absolute Gasteiger partial charge is 0.191 e. The van der Waals surface area contributed by atoms with Crippen molar-refractivity contribution in [1.82, 2.24) is 10.6 Å². The lowest BCUT2D eigenvalue weighted by molar-refractivity contribution is 0.0992. The molecule has 2 saturated heterocycles. The van der Waals surface area contributed by atoms with Crippen LogP contribution in [0.5, 0.6) is 0 Å². The number of halogens is 3. The first kappa shape index (κ1) is 19.2. The fourth-order valence-electron chi connectivity index (χ4n) is 3.97. The molecule has 5 atom stereocenters. The average Bonchev–Trinajstić information content (AvgIpc) is 2.97. The van der Waals surface area contributed by atoms with Crippen molar-refractivity contribution >= 4 is 41.5 Å². The number of fused-ring (bicyclic) bond motifs is 2. The van der Waals surface area contributed by atoms with Crippen LogP contribution in [0, 0.1) is 5.82 Å². The molecule has 1 aromatic carbocycles. The summed E-state index contributed by atoms with van der Waals surface area (Å²) < 4.78 is 19.9. The third-order valence-corrected chi connectivity index (χ3v) is 5.56. The van der Waals surface area contributed by atoms with Gasteiger partial charge in [0.15, 0.2) is 5.96 Å². The minimum atomic E-state index is -0.222. The van der Waals surface area contributed by atoms with Gasteiger partial charge in [-0.15, -0.1) is 24.0 Å². The van der Waals surface area contributed by atoms with E-state index in [0.717, 1.165) is 25.2 Å². The molecule has 1 aromatic rings. The molecular formula is C18H24ClFIN3O. The van der Waals surface area contributed by atoms with E-state index >= 15 is 0 Å². The van der Waals surface area contributed by atoms with Gasteiger partial charge in [-0.3, -0.25) is 4.99 Å². The highest BCUT2D eigenvalue weighted by Crippen LogP contribution is 2.45. The van der Waals surface area contributed by atoms with Gasteiger partial charge in [-0.05, 0) is 44.7 Å². The summed E-state index contributed by atoms with van der Waals surface area (Å²) in [5.74, 6) is 0.692. The first-order valence-electron chi connectivity index (χ1n) is 8.82. The lowest BCUT2D eigenvalue weighted by Crippen LogP contribution is -2.48. The van der Waals surface area contributed by atoms with Crippen molar-refractivity contribution in [3.8, 4) is 0 Å². The second-order valence-corrected chi connectivity index (χ2v) is 7.32. The molecule has 4 rings (SSSR count). The van der Waals surface area contributed by atoms with Crippen molar-refractivity contribution in [2.75, 3.05) is 6.54 Å². The standard InChI is InChI=1S/C18H23ClFN3O.HI/c1-2-21-18(23-15-8-10-6-7-16(15)24-10)22-14-9-11(14)17-12(19)4-3-5-13(17)20;/h3-5,10-11,14-16H,2,6-9H2,1H3,(H2,21,22,23);1H. The van der Waals surface area contributed by atoms with Gasteiger partial charge in [0.05, 0.1) is 18.2 Å². The van der Waals surface area contributed by atoms with Gasteiger partial charge in [0.1, 0.15) is 5.82 Å². The number of benzene rings is 1. The summed E-state index contributed by atoms with van der Waals surface area (Å²) in [4.78, 5) is 4.54. The lowest BCUT2D eigenvalue weighted by Gasteiger charge is -2.23. The summed E-state index contributed by atoms with van der Waals surface area (Å²) in [6, 6.07) is 5.38. The van der Waals surface area contributed by atoms with Crippen LogP contribution in [-0.2, 0) is 4.74 Å². The Labute approximate surface area is 170 Å². The molecule has 2 aliphatic heterocycles. The number of guanidine groups is 1.